The normalized spacial score (nSPS) is 11.2. The first-order valence-electron chi connectivity index (χ1n) is 31.9. The van der Waals surface area contributed by atoms with Crippen LogP contribution in [0.3, 0.4) is 0 Å². The van der Waals surface area contributed by atoms with E-state index in [0.29, 0.717) is 0 Å². The zero-order valence-corrected chi connectivity index (χ0v) is 59.8. The van der Waals surface area contributed by atoms with Gasteiger partial charge in [0.15, 0.2) is 38.6 Å². The van der Waals surface area contributed by atoms with Gasteiger partial charge in [-0.05, 0) is 164 Å². The molecule has 18 heteroatoms. The van der Waals surface area contributed by atoms with Crippen LogP contribution in [-0.4, -0.2) is 57.3 Å². The molecule has 0 amide bonds. The van der Waals surface area contributed by atoms with E-state index >= 15 is 0 Å². The molecule has 0 aliphatic rings. The molecule has 0 aromatic carbocycles. The van der Waals surface area contributed by atoms with E-state index in [1.165, 1.54) is 107 Å². The number of hydrogen-bond donors (Lipinski definition) is 0. The van der Waals surface area contributed by atoms with Gasteiger partial charge in [0.05, 0.1) is 87.8 Å². The number of hydrogen-bond acceptors (Lipinski definition) is 6. The Morgan fingerprint density at radius 1 is 0.348 bits per heavy atom. The molecule has 12 rings (SSSR count). The minimum Gasteiger partial charge on any atom is -0.260 e. The molecular formula is C71H106N18+6. The zero-order valence-electron chi connectivity index (χ0n) is 59.8. The van der Waals surface area contributed by atoms with Crippen LogP contribution in [-0.2, 0) is 81.6 Å². The minimum absolute atomic E-state index is 0.970. The summed E-state index contributed by atoms with van der Waals surface area (Å²) in [6, 6.07) is 10.7. The second-order valence-corrected chi connectivity index (χ2v) is 24.1. The van der Waals surface area contributed by atoms with Crippen LogP contribution in [0, 0.1) is 118 Å². The monoisotopic (exact) mass is 1210 g/mol. The van der Waals surface area contributed by atoms with Crippen molar-refractivity contribution < 1.29 is 27.4 Å². The van der Waals surface area contributed by atoms with E-state index in [0.717, 1.165) is 96.0 Å². The molecule has 0 spiro atoms. The number of imidazole rings is 6. The maximum Gasteiger partial charge on any atom is 0.302 e. The first kappa shape index (κ1) is 68.2. The summed E-state index contributed by atoms with van der Waals surface area (Å²) in [7, 11) is 12.6. The Kier molecular flexibility index (Phi) is 21.2. The molecule has 12 aromatic heterocycles. The van der Waals surface area contributed by atoms with E-state index in [1.54, 1.807) is 0 Å². The average molecular weight is 1210 g/mol. The van der Waals surface area contributed by atoms with Crippen molar-refractivity contribution in [1.29, 1.82) is 0 Å². The van der Waals surface area contributed by atoms with Gasteiger partial charge in [0.25, 0.3) is 5.82 Å². The minimum atomic E-state index is 0.970. The fourth-order valence-electron chi connectivity index (χ4n) is 12.6. The number of nitrogens with zero attached hydrogens (tertiary/aromatic N) is 18. The lowest BCUT2D eigenvalue weighted by atomic mass is 10.1. The summed E-state index contributed by atoms with van der Waals surface area (Å²) in [5, 5.41) is 0. The average Bonchev–Trinajstić information content (AvgIpc) is 2.14. The number of pyridine rings is 6. The molecule has 0 N–H and O–H groups in total. The number of fused-ring (bicyclic) bond motifs is 6. The maximum atomic E-state index is 4.73. The van der Waals surface area contributed by atoms with E-state index in [4.69, 9.17) is 4.98 Å². The molecule has 0 saturated carbocycles. The summed E-state index contributed by atoms with van der Waals surface area (Å²) < 4.78 is 26.9. The van der Waals surface area contributed by atoms with Crippen LogP contribution < -0.4 is 27.4 Å². The third kappa shape index (κ3) is 12.7. The lowest BCUT2D eigenvalue weighted by molar-refractivity contribution is -0.676. The van der Waals surface area contributed by atoms with Gasteiger partial charge in [-0.15, -0.1) is 24.9 Å². The Morgan fingerprint density at radius 2 is 0.798 bits per heavy atom. The van der Waals surface area contributed by atoms with Gasteiger partial charge in [-0.1, -0.05) is 0 Å². The quantitative estimate of drug-likeness (QED) is 0.152. The van der Waals surface area contributed by atoms with Gasteiger partial charge >= 0.3 is 28.2 Å². The summed E-state index contributed by atoms with van der Waals surface area (Å²) >= 11 is 0. The van der Waals surface area contributed by atoms with E-state index in [1.807, 2.05) is 26.2 Å². The van der Waals surface area contributed by atoms with Crippen LogP contribution in [0.2, 0.25) is 0 Å². The Hall–Kier alpha value is -8.28. The summed E-state index contributed by atoms with van der Waals surface area (Å²) in [5.74, 6) is 7.56. The lowest BCUT2D eigenvalue weighted by Crippen LogP contribution is -2.35. The molecule has 0 fully saturated rings. The summed E-state index contributed by atoms with van der Waals surface area (Å²) in [5.41, 5.74) is 27.5. The summed E-state index contributed by atoms with van der Waals surface area (Å²) in [6.45, 7) is 54.7. The van der Waals surface area contributed by atoms with E-state index in [9.17, 15) is 0 Å². The molecule has 12 heterocycles. The van der Waals surface area contributed by atoms with E-state index in [-0.39, 0.29) is 0 Å². The van der Waals surface area contributed by atoms with Crippen LogP contribution in [0.25, 0.3) is 66.9 Å². The highest BCUT2D eigenvalue weighted by Crippen LogP contribution is 2.23. The molecule has 0 bridgehead atoms. The highest BCUT2D eigenvalue weighted by Gasteiger charge is 2.26. The van der Waals surface area contributed by atoms with Crippen LogP contribution in [0.15, 0.2) is 42.7 Å². The Balaban J connectivity index is 0.000000152. The van der Waals surface area contributed by atoms with Gasteiger partial charge in [-0.25, -0.2) is 32.0 Å². The van der Waals surface area contributed by atoms with Crippen molar-refractivity contribution in [3.63, 3.8) is 0 Å². The largest absolute Gasteiger partial charge is 0.302 e. The van der Waals surface area contributed by atoms with E-state index < -0.39 is 0 Å². The van der Waals surface area contributed by atoms with E-state index in [2.05, 4.69) is 298 Å². The second kappa shape index (κ2) is 27.6. The topological polar surface area (TPSA) is 130 Å². The second-order valence-electron chi connectivity index (χ2n) is 24.1. The number of aryl methyl sites for hydroxylation is 22. The van der Waals surface area contributed by atoms with Crippen molar-refractivity contribution in [3.8, 4) is 0 Å². The Morgan fingerprint density at radius 3 is 1.34 bits per heavy atom. The highest BCUT2D eigenvalue weighted by atomic mass is 15.2. The van der Waals surface area contributed by atoms with Crippen LogP contribution in [0.4, 0.5) is 0 Å². The SMILES string of the molecule is CC[n+]1c(C)n(C)c2c(C)c(C)c(C)nc21.CC[n+]1c(C)n(C)c2c(C)c(C)cnc21.CC[n+]1c(C)n(C)c2c(C)cc(C)nc21.CC[n+]1c(C)n(C)c2cc(C)c(C)nc21.CC[n+]1c(C)n(C)c2ccc(C)nc21.CCn1c(C)[n+](C)c2cc(C)ncc21. The zero-order chi connectivity index (χ0) is 66.1. The highest BCUT2D eigenvalue weighted by molar-refractivity contribution is 5.76. The standard InChI is InChI=1S/C13H20N3.3C12H18N3.2C11H16N3/c1-7-16-11(5)15(6)12-9(3)8(2)10(4)14-13(12)16;1-6-15-10(4)14(5)11-9(3)8(2)7-13-12(11)15;1-6-15-10(4)14(5)11-7-8(2)9(3)13-12(11)15;1-6-15-10(4)14(5)11-8(2)7-9(3)13-12(11)15;1-5-14-9(3)13(4)10-6-8(2)12-7-11(10)14;1-5-14-9(3)13(4)10-7-6-8(2)12-11(10)14/h7H2,1-6H3;3*7H,6H2,1-5H3;2*6-7H,5H2,1-4H3/q6*+1. The first-order valence-corrected chi connectivity index (χ1v) is 31.9. The van der Waals surface area contributed by atoms with Gasteiger partial charge in [0, 0.05) is 64.4 Å². The molecular weight excluding hydrogens is 1100 g/mol. The van der Waals surface area contributed by atoms with Gasteiger partial charge in [-0.2, -0.15) is 0 Å². The Bertz CT molecular complexity index is 4600. The summed E-state index contributed by atoms with van der Waals surface area (Å²) in [4.78, 5) is 27.5. The third-order valence-corrected chi connectivity index (χ3v) is 19.0. The van der Waals surface area contributed by atoms with Crippen molar-refractivity contribution in [2.45, 2.75) is 199 Å². The molecule has 474 valence electrons. The molecule has 0 radical (unpaired) electrons. The van der Waals surface area contributed by atoms with Crippen molar-refractivity contribution in [2.75, 3.05) is 0 Å². The predicted octanol–water partition coefficient (Wildman–Crippen LogP) is 10.5. The lowest BCUT2D eigenvalue weighted by Gasteiger charge is -2.01. The van der Waals surface area contributed by atoms with Crippen LogP contribution in [0.1, 0.15) is 138 Å². The molecule has 12 aromatic rings. The van der Waals surface area contributed by atoms with Crippen molar-refractivity contribution in [3.05, 3.63) is 140 Å². The van der Waals surface area contributed by atoms with Gasteiger partial charge in [0.1, 0.15) is 29.0 Å². The fourth-order valence-corrected chi connectivity index (χ4v) is 12.6. The first-order chi connectivity index (χ1) is 42.0. The van der Waals surface area contributed by atoms with Crippen molar-refractivity contribution in [1.82, 2.24) is 57.3 Å². The molecule has 18 nitrogen and oxygen atoms in total. The van der Waals surface area contributed by atoms with Crippen molar-refractivity contribution in [2.24, 2.45) is 42.3 Å². The molecule has 0 aliphatic heterocycles. The maximum absolute atomic E-state index is 4.73. The molecule has 89 heavy (non-hydrogen) atoms. The predicted molar refractivity (Wildman–Crippen MR) is 360 cm³/mol. The molecule has 0 unspecified atom stereocenters. The fraction of sp³-hybridized carbons (Fsp3) is 0.493. The van der Waals surface area contributed by atoms with Crippen molar-refractivity contribution >= 4 is 66.9 Å². The number of rotatable bonds is 6. The molecule has 0 aliphatic carbocycles. The van der Waals surface area contributed by atoms with Gasteiger partial charge < -0.3 is 0 Å². The van der Waals surface area contributed by atoms with Crippen LogP contribution in [0.5, 0.6) is 0 Å². The number of aromatic nitrogens is 18. The van der Waals surface area contributed by atoms with Gasteiger partial charge in [-0.3, -0.25) is 27.8 Å². The summed E-state index contributed by atoms with van der Waals surface area (Å²) in [6.07, 6.45) is 3.92. The van der Waals surface area contributed by atoms with Gasteiger partial charge in [0.2, 0.25) is 29.1 Å². The smallest absolute Gasteiger partial charge is 0.260 e. The van der Waals surface area contributed by atoms with Crippen LogP contribution >= 0.6 is 0 Å². The molecule has 0 saturated heterocycles. The molecule has 0 atom stereocenters. The Labute approximate surface area is 529 Å². The third-order valence-electron chi connectivity index (χ3n) is 19.0.